The molecule has 656 valence electrons. The molecular formula is C73H62F8N8O31P4. The molecule has 0 radical (unpaired) electrons. The Morgan fingerprint density at radius 2 is 0.782 bits per heavy atom. The number of ether oxygens (including phenoxy) is 4. The lowest BCUT2D eigenvalue weighted by Gasteiger charge is -2.34. The van der Waals surface area contributed by atoms with E-state index in [-0.39, 0.29) is 81.0 Å². The minimum atomic E-state index is -4.79. The molecule has 51 heteroatoms. The summed E-state index contributed by atoms with van der Waals surface area (Å²) in [6, 6.07) is 13.1. The lowest BCUT2D eigenvalue weighted by molar-refractivity contribution is -0.184. The zero-order valence-electron chi connectivity index (χ0n) is 68.2. The lowest BCUT2D eigenvalue weighted by Crippen LogP contribution is -2.46. The molecule has 9 aliphatic heterocycles. The molecule has 39 nitrogen and oxygen atoms in total. The number of aromatic nitrogens is 6. The van der Waals surface area contributed by atoms with E-state index >= 15 is 17.6 Å². The molecule has 3 aromatic heterocycles. The number of aromatic amines is 3. The smallest absolute Gasteiger partial charge is 0.404 e. The summed E-state index contributed by atoms with van der Waals surface area (Å²) < 4.78 is 296. The van der Waals surface area contributed by atoms with Crippen molar-refractivity contribution in [1.29, 1.82) is 0 Å². The first-order chi connectivity index (χ1) is 60.7. The average molecular weight is 1830 g/mol. The first-order valence-corrected chi connectivity index (χ1v) is 40.8. The summed E-state index contributed by atoms with van der Waals surface area (Å²) in [5.41, 5.74) is -6.24. The highest BCUT2D eigenvalue weighted by Crippen LogP contribution is 2.60. The van der Waals surface area contributed by atoms with Crippen LogP contribution in [0.1, 0.15) is 91.5 Å². The summed E-state index contributed by atoms with van der Waals surface area (Å²) >= 11 is 0. The van der Waals surface area contributed by atoms with Crippen LogP contribution in [0.2, 0.25) is 0 Å². The highest BCUT2D eigenvalue weighted by molar-refractivity contribution is 7.49. The molecule has 8 N–H and O–H groups in total. The molecule has 4 saturated heterocycles. The van der Waals surface area contributed by atoms with Crippen LogP contribution in [0.15, 0.2) is 144 Å². The van der Waals surface area contributed by atoms with Gasteiger partial charge in [0.1, 0.15) is 125 Å². The Labute approximate surface area is 697 Å². The maximum absolute atomic E-state index is 15.8. The monoisotopic (exact) mass is 1830 g/mol. The van der Waals surface area contributed by atoms with E-state index < -0.39 is 232 Å². The number of carbonyl (C=O) groups excluding carboxylic acids is 1. The number of rotatable bonds is 16. The molecule has 0 bridgehead atoms. The zero-order valence-corrected chi connectivity index (χ0v) is 65.8. The van der Waals surface area contributed by atoms with Crippen LogP contribution in [0.4, 0.5) is 35.1 Å². The summed E-state index contributed by atoms with van der Waals surface area (Å²) in [6.07, 6.45) is 4.34. The van der Waals surface area contributed by atoms with Gasteiger partial charge in [-0.2, -0.15) is 0 Å². The first-order valence-electron chi connectivity index (χ1n) is 38.0. The molecule has 4 unspecified atom stereocenters. The molecular weight excluding hydrogens is 1760 g/mol. The van der Waals surface area contributed by atoms with E-state index in [1.165, 1.54) is 12.1 Å². The van der Waals surface area contributed by atoms with Crippen LogP contribution in [0, 0.1) is 72.6 Å². The molecule has 124 heavy (non-hydrogen) atoms. The van der Waals surface area contributed by atoms with Crippen molar-refractivity contribution in [1.82, 2.24) is 38.9 Å². The second-order valence-corrected chi connectivity index (χ2v) is 33.0. The van der Waals surface area contributed by atoms with E-state index in [9.17, 15) is 89.8 Å². The van der Waals surface area contributed by atoms with E-state index in [4.69, 9.17) is 107 Å². The molecule has 16 rings (SSSR count). The number of nitrogens with zero attached hydrogens (tertiary/aromatic N) is 4. The summed E-state index contributed by atoms with van der Waals surface area (Å²) in [6.45, 7) is -7.32. The summed E-state index contributed by atoms with van der Waals surface area (Å²) in [5, 5.41) is 43.4. The van der Waals surface area contributed by atoms with Gasteiger partial charge in [-0.15, -0.1) is 25.7 Å². The number of phosphoric ester groups is 4. The Morgan fingerprint density at radius 1 is 0.468 bits per heavy atom. The van der Waals surface area contributed by atoms with E-state index in [1.54, 1.807) is 0 Å². The largest absolute Gasteiger partial charge is 0.530 e. The second kappa shape index (κ2) is 35.5. The SMILES string of the molecule is C#Cc1cn([C@@H]2O[C@](F)(COP3(=O)OCc4cc(F)ccc4O3)C[C@H]2O)c(=O)[nH]c1=O.[2H]C([2H])(OP1(=O)OCc2cc(F)ccc2O1)[C@]1(F)C[C@@H](O)[C@H](n2cc(C#C)c(=O)[nH]c2=O)O1.[2H]C([2H])(OP1(=O)OCc2cc(F)ccc2O1)[C@]1(F)C[C@@H](O)[C@]([2H])(N2C=C(C#C)C(=O)NC2=C)O1.[2H][C@@]1(n2cc(C#C)c(=O)[nH]c2=O)O[C@](F)(COP2(=O)OCc3cc(F)ccc3O2)C[C@H]1O. The number of terminal acetylenes is 4. The normalized spacial score (nSPS) is 32.6. The van der Waals surface area contributed by atoms with Crippen molar-refractivity contribution in [2.45, 2.75) is 125 Å². The third-order valence-corrected chi connectivity index (χ3v) is 22.9. The number of alkyl halides is 4. The molecule has 12 heterocycles. The molecule has 7 aromatic rings. The Balaban J connectivity index is 0.000000148. The molecule has 4 fully saturated rings. The number of carbonyl (C=O) groups is 1. The molecule has 1 amide bonds. The van der Waals surface area contributed by atoms with E-state index in [1.807, 2.05) is 32.7 Å². The first kappa shape index (κ1) is 82.4. The number of amides is 1. The van der Waals surface area contributed by atoms with Gasteiger partial charge >= 0.3 is 48.4 Å². The third kappa shape index (κ3) is 20.3. The maximum atomic E-state index is 15.8. The van der Waals surface area contributed by atoms with Gasteiger partial charge in [0.25, 0.3) is 22.6 Å². The van der Waals surface area contributed by atoms with Crippen LogP contribution in [-0.4, -0.2) is 140 Å². The van der Waals surface area contributed by atoms with Gasteiger partial charge < -0.3 is 67.7 Å². The van der Waals surface area contributed by atoms with Gasteiger partial charge in [0.15, 0.2) is 24.9 Å². The fraction of sp³-hybridized carbons (Fsp3) is 0.329. The number of aliphatic hydroxyl groups is 4. The summed E-state index contributed by atoms with van der Waals surface area (Å²) in [4.78, 5) is 89.3. The average Bonchev–Trinajstić information content (AvgIpc) is 1.59. The molecule has 0 saturated carbocycles. The maximum Gasteiger partial charge on any atom is 0.530 e. The van der Waals surface area contributed by atoms with Crippen molar-refractivity contribution in [3.05, 3.63) is 240 Å². The van der Waals surface area contributed by atoms with E-state index in [2.05, 4.69) is 17.8 Å². The Hall–Kier alpha value is -11.2. The van der Waals surface area contributed by atoms with Gasteiger partial charge in [-0.05, 0) is 72.8 Å². The topological polar surface area (TPSA) is 494 Å². The highest BCUT2D eigenvalue weighted by Gasteiger charge is 2.56. The number of fused-ring (bicyclic) bond motifs is 4. The minimum Gasteiger partial charge on any atom is -0.404 e. The van der Waals surface area contributed by atoms with Crippen LogP contribution < -0.4 is 57.2 Å². The molecule has 9 aliphatic rings. The van der Waals surface area contributed by atoms with Crippen molar-refractivity contribution < 1.29 is 160 Å². The fourth-order valence-electron chi connectivity index (χ4n) is 12.1. The van der Waals surface area contributed by atoms with Crippen molar-refractivity contribution in [2.75, 3.05) is 26.3 Å². The van der Waals surface area contributed by atoms with Gasteiger partial charge in [0, 0.05) is 72.7 Å². The summed E-state index contributed by atoms with van der Waals surface area (Å²) in [5.74, 6) is -8.11. The van der Waals surface area contributed by atoms with Crippen LogP contribution in [0.3, 0.4) is 0 Å². The molecule has 4 aromatic carbocycles. The number of phosphoric acid groups is 4. The molecule has 0 spiro atoms. The summed E-state index contributed by atoms with van der Waals surface area (Å²) in [7, 11) is -18.2. The van der Waals surface area contributed by atoms with Gasteiger partial charge in [-0.25, -0.2) is 67.8 Å². The highest BCUT2D eigenvalue weighted by atomic mass is 31.2. The number of hydrogen-bond acceptors (Lipinski definition) is 32. The quantitative estimate of drug-likeness (QED) is 0.0309. The molecule has 16 atom stereocenters. The number of benzene rings is 4. The van der Waals surface area contributed by atoms with Crippen LogP contribution in [0.5, 0.6) is 23.0 Å². The third-order valence-electron chi connectivity index (χ3n) is 17.9. The minimum absolute atomic E-state index is 0.0118. The lowest BCUT2D eigenvalue weighted by atomic mass is 10.1. The second-order valence-electron chi connectivity index (χ2n) is 26.8. The van der Waals surface area contributed by atoms with Crippen molar-refractivity contribution >= 4 is 37.2 Å². The van der Waals surface area contributed by atoms with Gasteiger partial charge in [0.05, 0.1) is 34.7 Å². The number of halogens is 8. The van der Waals surface area contributed by atoms with E-state index in [0.717, 1.165) is 90.0 Å². The predicted molar refractivity (Wildman–Crippen MR) is 398 cm³/mol. The predicted octanol–water partition coefficient (Wildman–Crippen LogP) is 6.06. The number of aliphatic hydroxyl groups excluding tert-OH is 4. The van der Waals surface area contributed by atoms with Crippen LogP contribution in [0.25, 0.3) is 0 Å². The molecule has 0 aliphatic carbocycles. The Morgan fingerprint density at radius 3 is 1.17 bits per heavy atom. The van der Waals surface area contributed by atoms with Crippen LogP contribution >= 0.6 is 31.3 Å². The van der Waals surface area contributed by atoms with E-state index in [0.29, 0.717) is 19.6 Å². The number of H-pyrrole nitrogens is 3. The standard InChI is InChI=1S/C19H17F2N2O7P.3C18H15F2N2O8P/c1-3-12-8-23(11(2)22-17(12)25)18-15(24)7-19(21,29-18)10-28-31(26)27-9-13-6-14(20)4-5-16(13)30-31;3*1-2-10-7-22(17(25)21-15(10)24)16-13(23)6-18(20,29-16)9-28-31(26)27-8-11-5-12(19)3-4-14(11)30-31/h1,4-6,8,15,18,24H,2,7,9-10H2,(H,22,25);3*1,3-5,7,13,16,23H,6,8-9H2,(H,21,24,25)/t15-,18-,19+,31?;3*13-,16-,18+,31?/m1111/s1/i10D2,18D;16D;9D2;. The Bertz CT molecular complexity index is 6610. The van der Waals surface area contributed by atoms with Crippen molar-refractivity contribution in [3.63, 3.8) is 0 Å². The van der Waals surface area contributed by atoms with Crippen LogP contribution in [-0.2, 0) is 105 Å². The number of hydrogen-bond donors (Lipinski definition) is 8. The Kier molecular flexibility index (Phi) is 23.6. The number of nitrogens with one attached hydrogen (secondary N) is 4. The van der Waals surface area contributed by atoms with Gasteiger partial charge in [-0.3, -0.25) is 84.0 Å². The fourth-order valence-corrected chi connectivity index (χ4v) is 16.8. The van der Waals surface area contributed by atoms with Crippen molar-refractivity contribution in [3.8, 4) is 72.4 Å². The van der Waals surface area contributed by atoms with Gasteiger partial charge in [-0.1, -0.05) is 30.3 Å². The van der Waals surface area contributed by atoms with Gasteiger partial charge in [0.2, 0.25) is 23.4 Å². The van der Waals surface area contributed by atoms with Crippen molar-refractivity contribution in [2.24, 2.45) is 0 Å². The zero-order chi connectivity index (χ0) is 95.0.